The maximum absolute atomic E-state index is 4.23. The first-order valence-electron chi connectivity index (χ1n) is 3.42. The summed E-state index contributed by atoms with van der Waals surface area (Å²) in [6, 6.07) is 0. The second kappa shape index (κ2) is 2.41. The molecule has 0 N–H and O–H groups in total. The molecule has 0 aliphatic carbocycles. The predicted octanol–water partition coefficient (Wildman–Crippen LogP) is 2.08. The summed E-state index contributed by atoms with van der Waals surface area (Å²) in [6.07, 6.45) is 5.78. The van der Waals surface area contributed by atoms with Crippen LogP contribution in [0.1, 0.15) is 6.92 Å². The zero-order valence-corrected chi connectivity index (χ0v) is 7.67. The molecule has 0 unspecified atom stereocenters. The number of halogens is 1. The van der Waals surface area contributed by atoms with Gasteiger partial charge in [-0.1, -0.05) is 0 Å². The van der Waals surface area contributed by atoms with E-state index < -0.39 is 0 Å². The molecular weight excluding hydrogens is 204 g/mol. The molecule has 0 saturated heterocycles. The van der Waals surface area contributed by atoms with Crippen LogP contribution in [0.3, 0.4) is 0 Å². The molecule has 1 atom stereocenters. The van der Waals surface area contributed by atoms with E-state index in [1.165, 1.54) is 11.1 Å². The van der Waals surface area contributed by atoms with E-state index >= 15 is 0 Å². The molecule has 11 heavy (non-hydrogen) atoms. The van der Waals surface area contributed by atoms with Gasteiger partial charge in [-0.3, -0.25) is 9.98 Å². The maximum Gasteiger partial charge on any atom is 0.165 e. The summed E-state index contributed by atoms with van der Waals surface area (Å²) in [5.41, 5.74) is 2.42. The summed E-state index contributed by atoms with van der Waals surface area (Å²) >= 11 is 3.37. The standard InChI is InChI=1S/C8H7BrN2/c1-5-3-10-8-7(5)2-6(9)4-11-8/h2-4,8H,1H3/t8-/m0/s1. The Balaban J connectivity index is 2.46. The molecule has 2 aliphatic rings. The first-order chi connectivity index (χ1) is 5.27. The quantitative estimate of drug-likeness (QED) is 0.586. The first kappa shape index (κ1) is 6.98. The van der Waals surface area contributed by atoms with Crippen molar-refractivity contribution >= 4 is 28.4 Å². The lowest BCUT2D eigenvalue weighted by molar-refractivity contribution is 0.860. The van der Waals surface area contributed by atoms with Crippen molar-refractivity contribution < 1.29 is 0 Å². The number of rotatable bonds is 0. The van der Waals surface area contributed by atoms with Gasteiger partial charge in [0.1, 0.15) is 0 Å². The van der Waals surface area contributed by atoms with Crippen molar-refractivity contribution in [2.45, 2.75) is 13.1 Å². The highest BCUT2D eigenvalue weighted by Crippen LogP contribution is 2.25. The zero-order valence-electron chi connectivity index (χ0n) is 6.08. The van der Waals surface area contributed by atoms with Gasteiger partial charge in [-0.2, -0.15) is 0 Å². The summed E-state index contributed by atoms with van der Waals surface area (Å²) in [4.78, 5) is 8.44. The molecule has 0 aromatic rings. The van der Waals surface area contributed by atoms with E-state index in [1.807, 2.05) is 6.21 Å². The van der Waals surface area contributed by atoms with Gasteiger partial charge < -0.3 is 0 Å². The van der Waals surface area contributed by atoms with Gasteiger partial charge in [-0.15, -0.1) is 0 Å². The average molecular weight is 211 g/mol. The molecule has 0 spiro atoms. The Morgan fingerprint density at radius 2 is 2.09 bits per heavy atom. The van der Waals surface area contributed by atoms with Crippen LogP contribution in [-0.4, -0.2) is 18.6 Å². The van der Waals surface area contributed by atoms with E-state index in [0.29, 0.717) is 0 Å². The monoisotopic (exact) mass is 210 g/mol. The van der Waals surface area contributed by atoms with Crippen molar-refractivity contribution in [3.63, 3.8) is 0 Å². The average Bonchev–Trinajstić information content (AvgIpc) is 2.33. The molecule has 2 nitrogen and oxygen atoms in total. The fourth-order valence-corrected chi connectivity index (χ4v) is 1.54. The topological polar surface area (TPSA) is 24.7 Å². The van der Waals surface area contributed by atoms with Gasteiger partial charge >= 0.3 is 0 Å². The lowest BCUT2D eigenvalue weighted by Crippen LogP contribution is -2.05. The predicted molar refractivity (Wildman–Crippen MR) is 50.5 cm³/mol. The Kier molecular flexibility index (Phi) is 1.53. The van der Waals surface area contributed by atoms with E-state index in [0.717, 1.165) is 4.48 Å². The van der Waals surface area contributed by atoms with Crippen LogP contribution in [0.25, 0.3) is 0 Å². The molecule has 0 bridgehead atoms. The van der Waals surface area contributed by atoms with Gasteiger partial charge in [-0.25, -0.2) is 0 Å². The number of hydrogen-bond acceptors (Lipinski definition) is 2. The van der Waals surface area contributed by atoms with Crippen molar-refractivity contribution in [2.24, 2.45) is 9.98 Å². The highest BCUT2D eigenvalue weighted by Gasteiger charge is 2.18. The lowest BCUT2D eigenvalue weighted by atomic mass is 10.1. The van der Waals surface area contributed by atoms with Gasteiger partial charge in [0.25, 0.3) is 0 Å². The second-order valence-corrected chi connectivity index (χ2v) is 3.51. The van der Waals surface area contributed by atoms with E-state index in [2.05, 4.69) is 38.9 Å². The lowest BCUT2D eigenvalue weighted by Gasteiger charge is -2.09. The third-order valence-electron chi connectivity index (χ3n) is 1.78. The Morgan fingerprint density at radius 3 is 2.91 bits per heavy atom. The van der Waals surface area contributed by atoms with E-state index in [4.69, 9.17) is 0 Å². The minimum absolute atomic E-state index is 0.0382. The van der Waals surface area contributed by atoms with Crippen molar-refractivity contribution in [3.05, 3.63) is 21.7 Å². The number of hydrogen-bond donors (Lipinski definition) is 0. The molecule has 56 valence electrons. The minimum Gasteiger partial charge on any atom is -0.261 e. The van der Waals surface area contributed by atoms with E-state index in [-0.39, 0.29) is 6.17 Å². The number of dihydropyridines is 1. The van der Waals surface area contributed by atoms with Crippen LogP contribution in [0, 0.1) is 0 Å². The first-order valence-corrected chi connectivity index (χ1v) is 4.21. The number of fused-ring (bicyclic) bond motifs is 1. The molecule has 2 rings (SSSR count). The fourth-order valence-electron chi connectivity index (χ4n) is 1.18. The van der Waals surface area contributed by atoms with Gasteiger partial charge in [0, 0.05) is 22.5 Å². The van der Waals surface area contributed by atoms with Crippen LogP contribution in [-0.2, 0) is 0 Å². The summed E-state index contributed by atoms with van der Waals surface area (Å²) in [5, 5.41) is 0. The minimum atomic E-state index is 0.0382. The van der Waals surface area contributed by atoms with Gasteiger partial charge in [0.15, 0.2) is 6.17 Å². The van der Waals surface area contributed by atoms with Gasteiger partial charge in [0.05, 0.1) is 0 Å². The number of aliphatic imine (C=N–C) groups is 2. The molecule has 2 aliphatic heterocycles. The number of allylic oxidation sites excluding steroid dienone is 2. The summed E-state index contributed by atoms with van der Waals surface area (Å²) < 4.78 is 1.02. The highest BCUT2D eigenvalue weighted by atomic mass is 79.9. The van der Waals surface area contributed by atoms with E-state index in [1.54, 1.807) is 6.21 Å². The fraction of sp³-hybridized carbons (Fsp3) is 0.250. The molecule has 0 radical (unpaired) electrons. The molecule has 0 fully saturated rings. The smallest absolute Gasteiger partial charge is 0.165 e. The summed E-state index contributed by atoms with van der Waals surface area (Å²) in [7, 11) is 0. The summed E-state index contributed by atoms with van der Waals surface area (Å²) in [6.45, 7) is 2.05. The molecule has 0 aromatic heterocycles. The maximum atomic E-state index is 4.23. The van der Waals surface area contributed by atoms with E-state index in [9.17, 15) is 0 Å². The van der Waals surface area contributed by atoms with Crippen LogP contribution >= 0.6 is 15.9 Å². The van der Waals surface area contributed by atoms with Gasteiger partial charge in [-0.05, 0) is 34.5 Å². The Labute approximate surface area is 73.6 Å². The molecule has 0 amide bonds. The van der Waals surface area contributed by atoms with Crippen LogP contribution < -0.4 is 0 Å². The highest BCUT2D eigenvalue weighted by molar-refractivity contribution is 9.12. The normalized spacial score (nSPS) is 27.5. The Morgan fingerprint density at radius 1 is 1.36 bits per heavy atom. The molecule has 3 heteroatoms. The Hall–Kier alpha value is -0.700. The van der Waals surface area contributed by atoms with Crippen LogP contribution in [0.5, 0.6) is 0 Å². The third kappa shape index (κ3) is 1.09. The van der Waals surface area contributed by atoms with Crippen molar-refractivity contribution in [1.29, 1.82) is 0 Å². The number of nitrogens with zero attached hydrogens (tertiary/aromatic N) is 2. The van der Waals surface area contributed by atoms with Crippen molar-refractivity contribution in [2.75, 3.05) is 0 Å². The van der Waals surface area contributed by atoms with Crippen LogP contribution in [0.4, 0.5) is 0 Å². The zero-order chi connectivity index (χ0) is 7.84. The molecule has 2 heterocycles. The second-order valence-electron chi connectivity index (χ2n) is 2.60. The summed E-state index contributed by atoms with van der Waals surface area (Å²) in [5.74, 6) is 0. The SMILES string of the molecule is CC1=C2C=C(Br)C=N[C@@H]2N=C1. The molecule has 0 saturated carbocycles. The Bertz CT molecular complexity index is 310. The van der Waals surface area contributed by atoms with Crippen molar-refractivity contribution in [3.8, 4) is 0 Å². The third-order valence-corrected chi connectivity index (χ3v) is 2.21. The van der Waals surface area contributed by atoms with Crippen molar-refractivity contribution in [1.82, 2.24) is 0 Å². The largest absolute Gasteiger partial charge is 0.261 e. The van der Waals surface area contributed by atoms with Crippen LogP contribution in [0.15, 0.2) is 31.7 Å². The molecular formula is C8H7BrN2. The van der Waals surface area contributed by atoms with Gasteiger partial charge in [0.2, 0.25) is 0 Å². The van der Waals surface area contributed by atoms with Crippen LogP contribution in [0.2, 0.25) is 0 Å². The molecule has 0 aromatic carbocycles.